The second-order valence-corrected chi connectivity index (χ2v) is 8.12. The van der Waals surface area contributed by atoms with Gasteiger partial charge in [0.2, 0.25) is 0 Å². The van der Waals surface area contributed by atoms with E-state index in [4.69, 9.17) is 0 Å². The first-order valence-electron chi connectivity index (χ1n) is 8.79. The van der Waals surface area contributed by atoms with Crippen molar-refractivity contribution in [1.29, 1.82) is 0 Å². The normalized spacial score (nSPS) is 11.4. The number of carbonyl (C=O) groups is 1. The fourth-order valence-corrected chi connectivity index (χ4v) is 3.79. The zero-order chi connectivity index (χ0) is 20.9. The molecule has 0 aliphatic rings. The van der Waals surface area contributed by atoms with E-state index in [1.807, 2.05) is 26.0 Å². The highest BCUT2D eigenvalue weighted by molar-refractivity contribution is 7.92. The number of anilines is 1. The van der Waals surface area contributed by atoms with E-state index in [2.05, 4.69) is 20.2 Å². The van der Waals surface area contributed by atoms with E-state index in [1.54, 1.807) is 30.6 Å². The molecule has 0 aliphatic carbocycles. The molecule has 2 aromatic carbocycles. The van der Waals surface area contributed by atoms with E-state index in [9.17, 15) is 13.2 Å². The average molecular weight is 408 g/mol. The van der Waals surface area contributed by atoms with Gasteiger partial charge in [-0.05, 0) is 49.7 Å². The number of pyridine rings is 1. The molecule has 0 saturated heterocycles. The number of sulfonamides is 1. The molecular weight excluding hydrogens is 388 g/mol. The van der Waals surface area contributed by atoms with Crippen LogP contribution in [0.15, 0.2) is 77.0 Å². The van der Waals surface area contributed by atoms with Crippen LogP contribution in [0.3, 0.4) is 0 Å². The molecule has 29 heavy (non-hydrogen) atoms. The summed E-state index contributed by atoms with van der Waals surface area (Å²) in [5, 5.41) is 3.87. The van der Waals surface area contributed by atoms with Crippen molar-refractivity contribution in [2.45, 2.75) is 18.7 Å². The van der Waals surface area contributed by atoms with Crippen molar-refractivity contribution in [2.75, 3.05) is 4.72 Å². The predicted octanol–water partition coefficient (Wildman–Crippen LogP) is 3.26. The second kappa shape index (κ2) is 8.66. The molecule has 1 aromatic heterocycles. The van der Waals surface area contributed by atoms with E-state index in [0.717, 1.165) is 16.7 Å². The minimum absolute atomic E-state index is 0.0126. The monoisotopic (exact) mass is 408 g/mol. The van der Waals surface area contributed by atoms with Crippen LogP contribution >= 0.6 is 0 Å². The summed E-state index contributed by atoms with van der Waals surface area (Å²) in [6.45, 7) is 3.76. The molecule has 1 heterocycles. The number of hydrazone groups is 1. The van der Waals surface area contributed by atoms with Gasteiger partial charge >= 0.3 is 0 Å². The summed E-state index contributed by atoms with van der Waals surface area (Å²) in [5.41, 5.74) is 5.62. The van der Waals surface area contributed by atoms with Gasteiger partial charge in [0.15, 0.2) is 0 Å². The maximum absolute atomic E-state index is 12.7. The molecule has 0 spiro atoms. The predicted molar refractivity (Wildman–Crippen MR) is 112 cm³/mol. The molecule has 0 aliphatic heterocycles. The molecular formula is C21H20N4O3S. The number of benzene rings is 2. The van der Waals surface area contributed by atoms with Crippen LogP contribution in [0.5, 0.6) is 0 Å². The Morgan fingerprint density at radius 3 is 2.62 bits per heavy atom. The third-order valence-corrected chi connectivity index (χ3v) is 5.46. The standard InChI is InChI=1S/C21H20N4O3S/c1-15-8-9-20(16(2)11-15)25-29(27,28)19-7-3-6-18(12-19)21(26)24-23-14-17-5-4-10-22-13-17/h3-14,25H,1-2H3,(H,24,26)/b23-14-. The van der Waals surface area contributed by atoms with E-state index < -0.39 is 15.9 Å². The van der Waals surface area contributed by atoms with Crippen LogP contribution in [0.25, 0.3) is 0 Å². The van der Waals surface area contributed by atoms with Gasteiger partial charge in [-0.1, -0.05) is 29.8 Å². The topological polar surface area (TPSA) is 101 Å². The highest BCUT2D eigenvalue weighted by atomic mass is 32.2. The lowest BCUT2D eigenvalue weighted by Gasteiger charge is -2.12. The summed E-state index contributed by atoms with van der Waals surface area (Å²) < 4.78 is 28.0. The smallest absolute Gasteiger partial charge is 0.271 e. The number of hydrogen-bond acceptors (Lipinski definition) is 5. The summed E-state index contributed by atoms with van der Waals surface area (Å²) in [6, 6.07) is 14.7. The van der Waals surface area contributed by atoms with Crippen molar-refractivity contribution in [3.8, 4) is 0 Å². The van der Waals surface area contributed by atoms with Crippen molar-refractivity contribution >= 4 is 27.8 Å². The zero-order valence-electron chi connectivity index (χ0n) is 16.0. The van der Waals surface area contributed by atoms with Gasteiger partial charge in [-0.15, -0.1) is 0 Å². The lowest BCUT2D eigenvalue weighted by atomic mass is 10.1. The van der Waals surface area contributed by atoms with Gasteiger partial charge in [0.05, 0.1) is 16.8 Å². The Bertz CT molecular complexity index is 1160. The quantitative estimate of drug-likeness (QED) is 0.483. The Morgan fingerprint density at radius 1 is 1.07 bits per heavy atom. The summed E-state index contributed by atoms with van der Waals surface area (Å²) >= 11 is 0. The largest absolute Gasteiger partial charge is 0.279 e. The van der Waals surface area contributed by atoms with Crippen LogP contribution in [0, 0.1) is 13.8 Å². The molecule has 7 nitrogen and oxygen atoms in total. The number of nitrogens with one attached hydrogen (secondary N) is 2. The lowest BCUT2D eigenvalue weighted by Crippen LogP contribution is -2.19. The van der Waals surface area contributed by atoms with Crippen molar-refractivity contribution < 1.29 is 13.2 Å². The Hall–Kier alpha value is -3.52. The molecule has 0 unspecified atom stereocenters. The highest BCUT2D eigenvalue weighted by Crippen LogP contribution is 2.21. The van der Waals surface area contributed by atoms with Gasteiger partial charge in [0.25, 0.3) is 15.9 Å². The molecule has 0 fully saturated rings. The number of amides is 1. The number of hydrogen-bond donors (Lipinski definition) is 2. The molecule has 1 amide bonds. The van der Waals surface area contributed by atoms with Gasteiger partial charge in [-0.2, -0.15) is 5.10 Å². The molecule has 0 atom stereocenters. The molecule has 2 N–H and O–H groups in total. The van der Waals surface area contributed by atoms with Gasteiger partial charge in [0, 0.05) is 23.5 Å². The van der Waals surface area contributed by atoms with Crippen molar-refractivity contribution in [3.63, 3.8) is 0 Å². The molecule has 3 aromatic rings. The van der Waals surface area contributed by atoms with Gasteiger partial charge in [0.1, 0.15) is 0 Å². The van der Waals surface area contributed by atoms with Crippen LogP contribution in [0.4, 0.5) is 5.69 Å². The molecule has 0 bridgehead atoms. The Labute approximate surface area is 169 Å². The van der Waals surface area contributed by atoms with E-state index in [0.29, 0.717) is 5.69 Å². The molecule has 0 radical (unpaired) electrons. The first-order chi connectivity index (χ1) is 13.8. The number of carbonyl (C=O) groups excluding carboxylic acids is 1. The third-order valence-electron chi connectivity index (χ3n) is 4.10. The Balaban J connectivity index is 1.75. The molecule has 8 heteroatoms. The molecule has 148 valence electrons. The van der Waals surface area contributed by atoms with Crippen LogP contribution in [-0.4, -0.2) is 25.5 Å². The summed E-state index contributed by atoms with van der Waals surface area (Å²) in [5.74, 6) is -0.520. The SMILES string of the molecule is Cc1ccc(NS(=O)(=O)c2cccc(C(=O)N/N=C\c3cccnc3)c2)c(C)c1. The highest BCUT2D eigenvalue weighted by Gasteiger charge is 2.17. The van der Waals surface area contributed by atoms with Gasteiger partial charge in [-0.25, -0.2) is 13.8 Å². The lowest BCUT2D eigenvalue weighted by molar-refractivity contribution is 0.0955. The number of aromatic nitrogens is 1. The van der Waals surface area contributed by atoms with Crippen LogP contribution < -0.4 is 10.1 Å². The first-order valence-corrected chi connectivity index (χ1v) is 10.3. The fraction of sp³-hybridized carbons (Fsp3) is 0.0952. The van der Waals surface area contributed by atoms with Crippen molar-refractivity contribution in [2.24, 2.45) is 5.10 Å². The number of rotatable bonds is 6. The van der Waals surface area contributed by atoms with Crippen molar-refractivity contribution in [1.82, 2.24) is 10.4 Å². The van der Waals surface area contributed by atoms with Gasteiger partial charge < -0.3 is 0 Å². The Morgan fingerprint density at radius 2 is 1.90 bits per heavy atom. The first kappa shape index (κ1) is 20.2. The molecule has 0 saturated carbocycles. The maximum Gasteiger partial charge on any atom is 0.271 e. The fourth-order valence-electron chi connectivity index (χ4n) is 2.62. The zero-order valence-corrected chi connectivity index (χ0v) is 16.8. The van der Waals surface area contributed by atoms with Crippen LogP contribution in [0.1, 0.15) is 27.0 Å². The van der Waals surface area contributed by atoms with E-state index in [1.165, 1.54) is 30.5 Å². The van der Waals surface area contributed by atoms with Crippen LogP contribution in [-0.2, 0) is 10.0 Å². The minimum atomic E-state index is -3.84. The van der Waals surface area contributed by atoms with E-state index >= 15 is 0 Å². The second-order valence-electron chi connectivity index (χ2n) is 6.44. The number of nitrogens with zero attached hydrogens (tertiary/aromatic N) is 2. The summed E-state index contributed by atoms with van der Waals surface area (Å²) in [7, 11) is -3.84. The average Bonchev–Trinajstić information content (AvgIpc) is 2.71. The van der Waals surface area contributed by atoms with Crippen molar-refractivity contribution in [3.05, 3.63) is 89.2 Å². The maximum atomic E-state index is 12.7. The molecule has 3 rings (SSSR count). The third kappa shape index (κ3) is 5.26. The van der Waals surface area contributed by atoms with Gasteiger partial charge in [-0.3, -0.25) is 14.5 Å². The minimum Gasteiger partial charge on any atom is -0.279 e. The number of aryl methyl sites for hydroxylation is 2. The Kier molecular flexibility index (Phi) is 6.04. The summed E-state index contributed by atoms with van der Waals surface area (Å²) in [4.78, 5) is 16.2. The van der Waals surface area contributed by atoms with Crippen LogP contribution in [0.2, 0.25) is 0 Å². The summed E-state index contributed by atoms with van der Waals surface area (Å²) in [6.07, 6.45) is 4.68. The van der Waals surface area contributed by atoms with E-state index in [-0.39, 0.29) is 10.5 Å².